The normalized spacial score (nSPS) is 10.8. The minimum atomic E-state index is -0.352. The zero-order valence-electron chi connectivity index (χ0n) is 18.4. The molecule has 0 unspecified atom stereocenters. The summed E-state index contributed by atoms with van der Waals surface area (Å²) in [5.74, 6) is -0.352. The van der Waals surface area contributed by atoms with Crippen molar-refractivity contribution in [1.29, 1.82) is 0 Å². The summed E-state index contributed by atoms with van der Waals surface area (Å²) in [4.78, 5) is 13.5. The third kappa shape index (κ3) is 6.31. The fourth-order valence-electron chi connectivity index (χ4n) is 3.25. The van der Waals surface area contributed by atoms with E-state index in [9.17, 15) is 4.79 Å². The fraction of sp³-hybridized carbons (Fsp3) is 0.348. The van der Waals surface area contributed by atoms with Crippen LogP contribution in [0.15, 0.2) is 36.4 Å². The number of nitrogens with zero attached hydrogens (tertiary/aromatic N) is 2. The van der Waals surface area contributed by atoms with Gasteiger partial charge in [-0.1, -0.05) is 41.9 Å². The number of rotatable bonds is 9. The highest BCUT2D eigenvalue weighted by Gasteiger charge is 2.18. The highest BCUT2D eigenvalue weighted by Crippen LogP contribution is 2.30. The molecule has 0 fully saturated rings. The number of carbonyl (C=O) groups is 1. The van der Waals surface area contributed by atoms with Crippen LogP contribution in [0.25, 0.3) is 0 Å². The average molecular weight is 491 g/mol. The van der Waals surface area contributed by atoms with Gasteiger partial charge in [-0.25, -0.2) is 4.79 Å². The summed E-state index contributed by atoms with van der Waals surface area (Å²) in [6.45, 7) is 7.38. The van der Waals surface area contributed by atoms with Gasteiger partial charge in [0.25, 0.3) is 0 Å². The van der Waals surface area contributed by atoms with E-state index >= 15 is 0 Å². The van der Waals surface area contributed by atoms with Crippen LogP contribution < -0.4 is 10.6 Å². The molecule has 0 atom stereocenters. The first-order chi connectivity index (χ1) is 15.4. The second-order valence-electron chi connectivity index (χ2n) is 7.28. The van der Waals surface area contributed by atoms with Gasteiger partial charge in [0.1, 0.15) is 5.00 Å². The Hall–Kier alpha value is -2.42. The number of benzene rings is 1. The summed E-state index contributed by atoms with van der Waals surface area (Å²) in [6, 6.07) is 12.0. The largest absolute Gasteiger partial charge is 0.462 e. The van der Waals surface area contributed by atoms with E-state index < -0.39 is 0 Å². The number of carbonyl (C=O) groups excluding carboxylic acids is 1. The van der Waals surface area contributed by atoms with Crippen molar-refractivity contribution in [2.24, 2.45) is 0 Å². The molecular formula is C23H27ClN4O2S2. The zero-order valence-corrected chi connectivity index (χ0v) is 20.8. The van der Waals surface area contributed by atoms with Crippen molar-refractivity contribution in [3.05, 3.63) is 68.8 Å². The molecule has 2 N–H and O–H groups in total. The lowest BCUT2D eigenvalue weighted by Crippen LogP contribution is -2.30. The maximum atomic E-state index is 12.5. The molecule has 3 aromatic rings. The molecule has 0 saturated heterocycles. The molecule has 0 aliphatic rings. The minimum absolute atomic E-state index is 0.321. The van der Waals surface area contributed by atoms with Gasteiger partial charge < -0.3 is 15.4 Å². The Balaban J connectivity index is 1.59. The predicted octanol–water partition coefficient (Wildman–Crippen LogP) is 5.36. The Morgan fingerprint density at radius 2 is 2.03 bits per heavy atom. The Morgan fingerprint density at radius 1 is 1.28 bits per heavy atom. The first kappa shape index (κ1) is 24.2. The van der Waals surface area contributed by atoms with Crippen LogP contribution in [0.4, 0.5) is 5.00 Å². The van der Waals surface area contributed by atoms with Gasteiger partial charge in [0.2, 0.25) is 0 Å². The Bertz CT molecular complexity index is 1080. The number of thiocarbonyl (C=S) groups is 1. The summed E-state index contributed by atoms with van der Waals surface area (Å²) in [6.07, 6.45) is 1.57. The molecule has 32 heavy (non-hydrogen) atoms. The van der Waals surface area contributed by atoms with Crippen LogP contribution in [0, 0.1) is 13.8 Å². The van der Waals surface area contributed by atoms with Crippen molar-refractivity contribution in [2.75, 3.05) is 18.5 Å². The molecule has 170 valence electrons. The molecule has 2 heterocycles. The van der Waals surface area contributed by atoms with E-state index in [1.807, 2.05) is 42.8 Å². The summed E-state index contributed by atoms with van der Waals surface area (Å²) in [7, 11) is 0. The standard InChI is InChI=1S/C23H27ClN4O2S2/c1-4-30-22(29)19-14-18(13-17-9-6-5-7-10-17)32-21(19)26-23(31)25-11-8-12-28-16(3)20(24)15(2)27-28/h5-7,9-10,14H,4,8,11-13H2,1-3H3,(H2,25,26,31). The predicted molar refractivity (Wildman–Crippen MR) is 135 cm³/mol. The lowest BCUT2D eigenvalue weighted by Gasteiger charge is -2.11. The van der Waals surface area contributed by atoms with Crippen molar-refractivity contribution < 1.29 is 9.53 Å². The van der Waals surface area contributed by atoms with Crippen LogP contribution in [0.1, 0.15) is 45.5 Å². The van der Waals surface area contributed by atoms with Gasteiger partial charge in [-0.3, -0.25) is 4.68 Å². The maximum absolute atomic E-state index is 12.5. The third-order valence-electron chi connectivity index (χ3n) is 4.85. The molecular weight excluding hydrogens is 464 g/mol. The molecule has 0 aliphatic carbocycles. The molecule has 2 aromatic heterocycles. The van der Waals surface area contributed by atoms with Gasteiger partial charge in [0.15, 0.2) is 5.11 Å². The van der Waals surface area contributed by atoms with Crippen LogP contribution in [0.2, 0.25) is 5.02 Å². The summed E-state index contributed by atoms with van der Waals surface area (Å²) in [5.41, 5.74) is 3.49. The number of hydrogen-bond donors (Lipinski definition) is 2. The fourth-order valence-corrected chi connectivity index (χ4v) is 4.74. The van der Waals surface area contributed by atoms with Gasteiger partial charge >= 0.3 is 5.97 Å². The van der Waals surface area contributed by atoms with Gasteiger partial charge in [-0.2, -0.15) is 5.10 Å². The van der Waals surface area contributed by atoms with E-state index in [1.54, 1.807) is 6.92 Å². The highest BCUT2D eigenvalue weighted by atomic mass is 35.5. The number of ether oxygens (including phenoxy) is 1. The number of aryl methyl sites for hydroxylation is 2. The average Bonchev–Trinajstić information content (AvgIpc) is 3.27. The number of anilines is 1. The molecule has 0 radical (unpaired) electrons. The monoisotopic (exact) mass is 490 g/mol. The Morgan fingerprint density at radius 3 is 2.69 bits per heavy atom. The molecule has 0 spiro atoms. The topological polar surface area (TPSA) is 68.2 Å². The van der Waals surface area contributed by atoms with Gasteiger partial charge in [-0.15, -0.1) is 11.3 Å². The first-order valence-corrected chi connectivity index (χ1v) is 12.1. The zero-order chi connectivity index (χ0) is 23.1. The van der Waals surface area contributed by atoms with Crippen LogP contribution in [-0.2, 0) is 17.7 Å². The van der Waals surface area contributed by atoms with E-state index in [4.69, 9.17) is 28.6 Å². The molecule has 3 rings (SSSR count). The Kier molecular flexibility index (Phi) is 8.67. The summed E-state index contributed by atoms with van der Waals surface area (Å²) < 4.78 is 7.13. The van der Waals surface area contributed by atoms with Crippen molar-refractivity contribution >= 4 is 51.2 Å². The smallest absolute Gasteiger partial charge is 0.341 e. The molecule has 0 amide bonds. The molecule has 0 bridgehead atoms. The maximum Gasteiger partial charge on any atom is 0.341 e. The van der Waals surface area contributed by atoms with Crippen LogP contribution >= 0.6 is 35.2 Å². The minimum Gasteiger partial charge on any atom is -0.462 e. The number of aromatic nitrogens is 2. The number of halogens is 1. The number of esters is 1. The molecule has 9 heteroatoms. The number of thiophene rings is 1. The summed E-state index contributed by atoms with van der Waals surface area (Å²) >= 11 is 13.2. The van der Waals surface area contributed by atoms with Crippen molar-refractivity contribution in [3.63, 3.8) is 0 Å². The molecule has 0 aliphatic heterocycles. The lowest BCUT2D eigenvalue weighted by atomic mass is 10.1. The molecule has 1 aromatic carbocycles. The van der Waals surface area contributed by atoms with Crippen LogP contribution in [0.3, 0.4) is 0 Å². The number of hydrogen-bond acceptors (Lipinski definition) is 5. The van der Waals surface area contributed by atoms with E-state index in [0.717, 1.165) is 35.7 Å². The van der Waals surface area contributed by atoms with Crippen LogP contribution in [-0.4, -0.2) is 34.0 Å². The second-order valence-corrected chi connectivity index (χ2v) is 9.20. The summed E-state index contributed by atoms with van der Waals surface area (Å²) in [5, 5.41) is 12.7. The molecule has 6 nitrogen and oxygen atoms in total. The van der Waals surface area contributed by atoms with E-state index in [2.05, 4.69) is 27.9 Å². The lowest BCUT2D eigenvalue weighted by molar-refractivity contribution is 0.0528. The van der Waals surface area contributed by atoms with Gasteiger partial charge in [0.05, 0.1) is 28.6 Å². The highest BCUT2D eigenvalue weighted by molar-refractivity contribution is 7.80. The van der Waals surface area contributed by atoms with Crippen molar-refractivity contribution in [2.45, 2.75) is 40.2 Å². The van der Waals surface area contributed by atoms with Crippen LogP contribution in [0.5, 0.6) is 0 Å². The first-order valence-electron chi connectivity index (χ1n) is 10.5. The quantitative estimate of drug-likeness (QED) is 0.239. The van der Waals surface area contributed by atoms with E-state index in [0.29, 0.717) is 33.9 Å². The van der Waals surface area contributed by atoms with Gasteiger partial charge in [-0.05, 0) is 51.0 Å². The second kappa shape index (κ2) is 11.4. The SMILES string of the molecule is CCOC(=O)c1cc(Cc2ccccc2)sc1NC(=S)NCCCn1nc(C)c(Cl)c1C. The van der Waals surface area contributed by atoms with E-state index in [-0.39, 0.29) is 5.97 Å². The Labute approximate surface area is 202 Å². The van der Waals surface area contributed by atoms with Crippen molar-refractivity contribution in [1.82, 2.24) is 15.1 Å². The van der Waals surface area contributed by atoms with E-state index in [1.165, 1.54) is 16.9 Å². The van der Waals surface area contributed by atoms with Gasteiger partial charge in [0, 0.05) is 24.4 Å². The third-order valence-corrected chi connectivity index (χ3v) is 6.70. The number of nitrogens with one attached hydrogen (secondary N) is 2. The van der Waals surface area contributed by atoms with Crippen molar-refractivity contribution in [3.8, 4) is 0 Å². The molecule has 0 saturated carbocycles.